The first kappa shape index (κ1) is 12.6. The average molecular weight is 273 g/mol. The Morgan fingerprint density at radius 2 is 2.00 bits per heavy atom. The Morgan fingerprint density at radius 3 is 2.58 bits per heavy atom. The highest BCUT2D eigenvalue weighted by Gasteiger charge is 2.32. The number of nitrogens with zero attached hydrogens (tertiary/aromatic N) is 2. The number of hydrogen-bond acceptors (Lipinski definition) is 4. The molecule has 0 spiro atoms. The summed E-state index contributed by atoms with van der Waals surface area (Å²) in [5, 5.41) is 14.0. The fourth-order valence-corrected chi connectivity index (χ4v) is 2.98. The molecule has 1 fully saturated rings. The molecule has 19 heavy (non-hydrogen) atoms. The Morgan fingerprint density at radius 1 is 1.26 bits per heavy atom. The molecule has 1 saturated carbocycles. The molecule has 1 aliphatic rings. The van der Waals surface area contributed by atoms with Crippen molar-refractivity contribution in [3.63, 3.8) is 0 Å². The molecule has 1 atom stereocenters. The summed E-state index contributed by atoms with van der Waals surface area (Å²) < 4.78 is 0. The van der Waals surface area contributed by atoms with Gasteiger partial charge in [-0.2, -0.15) is 0 Å². The third-order valence-electron chi connectivity index (χ3n) is 3.58. The van der Waals surface area contributed by atoms with Gasteiger partial charge >= 0.3 is 0 Å². The first-order valence-electron chi connectivity index (χ1n) is 6.91. The van der Waals surface area contributed by atoms with Gasteiger partial charge in [0.2, 0.25) is 5.13 Å². The SMILES string of the molecule is CCc1nnc(NC(c2ccc(C)cc2)C2CC2)s1. The van der Waals surface area contributed by atoms with E-state index in [4.69, 9.17) is 0 Å². The van der Waals surface area contributed by atoms with Gasteiger partial charge in [0.1, 0.15) is 5.01 Å². The van der Waals surface area contributed by atoms with Crippen LogP contribution >= 0.6 is 11.3 Å². The predicted molar refractivity (Wildman–Crippen MR) is 79.6 cm³/mol. The van der Waals surface area contributed by atoms with E-state index >= 15 is 0 Å². The molecule has 100 valence electrons. The van der Waals surface area contributed by atoms with Crippen molar-refractivity contribution in [3.05, 3.63) is 40.4 Å². The van der Waals surface area contributed by atoms with Gasteiger partial charge in [0.05, 0.1) is 6.04 Å². The highest BCUT2D eigenvalue weighted by molar-refractivity contribution is 7.15. The van der Waals surface area contributed by atoms with E-state index in [2.05, 4.69) is 53.6 Å². The van der Waals surface area contributed by atoms with Gasteiger partial charge in [0, 0.05) is 0 Å². The van der Waals surface area contributed by atoms with Gasteiger partial charge in [-0.15, -0.1) is 10.2 Å². The van der Waals surface area contributed by atoms with Gasteiger partial charge in [-0.25, -0.2) is 0 Å². The van der Waals surface area contributed by atoms with Crippen molar-refractivity contribution in [3.8, 4) is 0 Å². The van der Waals surface area contributed by atoms with Crippen LogP contribution in [0.5, 0.6) is 0 Å². The van der Waals surface area contributed by atoms with Crippen LogP contribution in [0.2, 0.25) is 0 Å². The molecule has 0 aliphatic heterocycles. The molecule has 4 heteroatoms. The molecule has 0 radical (unpaired) electrons. The first-order chi connectivity index (χ1) is 9.26. The Hall–Kier alpha value is -1.42. The fourth-order valence-electron chi connectivity index (χ4n) is 2.26. The largest absolute Gasteiger partial charge is 0.353 e. The quantitative estimate of drug-likeness (QED) is 0.895. The summed E-state index contributed by atoms with van der Waals surface area (Å²) in [4.78, 5) is 0. The molecule has 0 bridgehead atoms. The highest BCUT2D eigenvalue weighted by Crippen LogP contribution is 2.43. The van der Waals surface area contributed by atoms with E-state index in [-0.39, 0.29) is 0 Å². The number of aromatic nitrogens is 2. The Labute approximate surface area is 118 Å². The number of rotatable bonds is 5. The molecule has 1 aromatic heterocycles. The molecule has 1 aromatic carbocycles. The first-order valence-corrected chi connectivity index (χ1v) is 7.73. The second kappa shape index (κ2) is 5.29. The lowest BCUT2D eigenvalue weighted by Crippen LogP contribution is -2.12. The molecule has 1 aliphatic carbocycles. The van der Waals surface area contributed by atoms with Crippen molar-refractivity contribution in [1.29, 1.82) is 0 Å². The number of anilines is 1. The standard InChI is InChI=1S/C15H19N3S/c1-3-13-17-18-15(19-13)16-14(12-8-9-12)11-6-4-10(2)5-7-11/h4-7,12,14H,3,8-9H2,1-2H3,(H,16,18). The Balaban J connectivity index is 1.79. The lowest BCUT2D eigenvalue weighted by Gasteiger charge is -2.18. The zero-order valence-electron chi connectivity index (χ0n) is 11.4. The Bertz CT molecular complexity index is 543. The monoisotopic (exact) mass is 273 g/mol. The summed E-state index contributed by atoms with van der Waals surface area (Å²) in [5.41, 5.74) is 2.67. The molecular formula is C15H19N3S. The van der Waals surface area contributed by atoms with Crippen LogP contribution in [0.15, 0.2) is 24.3 Å². The van der Waals surface area contributed by atoms with E-state index in [0.29, 0.717) is 6.04 Å². The van der Waals surface area contributed by atoms with E-state index in [1.165, 1.54) is 24.0 Å². The molecule has 1 unspecified atom stereocenters. The van der Waals surface area contributed by atoms with E-state index in [1.54, 1.807) is 11.3 Å². The number of nitrogens with one attached hydrogen (secondary N) is 1. The van der Waals surface area contributed by atoms with Crippen LogP contribution < -0.4 is 5.32 Å². The maximum Gasteiger partial charge on any atom is 0.206 e. The number of benzene rings is 1. The lowest BCUT2D eigenvalue weighted by atomic mass is 10.0. The molecule has 1 N–H and O–H groups in total. The van der Waals surface area contributed by atoms with E-state index in [1.807, 2.05) is 0 Å². The van der Waals surface area contributed by atoms with E-state index in [0.717, 1.165) is 22.5 Å². The second-order valence-electron chi connectivity index (χ2n) is 5.22. The fraction of sp³-hybridized carbons (Fsp3) is 0.467. The van der Waals surface area contributed by atoms with Gasteiger partial charge in [-0.3, -0.25) is 0 Å². The predicted octanol–water partition coefficient (Wildman–Crippen LogP) is 3.97. The minimum atomic E-state index is 0.387. The van der Waals surface area contributed by atoms with Gasteiger partial charge < -0.3 is 5.32 Å². The molecule has 0 amide bonds. The van der Waals surface area contributed by atoms with Crippen LogP contribution in [0.25, 0.3) is 0 Å². The van der Waals surface area contributed by atoms with Crippen molar-refractivity contribution >= 4 is 16.5 Å². The lowest BCUT2D eigenvalue weighted by molar-refractivity contribution is 0.676. The average Bonchev–Trinajstić information content (AvgIpc) is 3.17. The maximum atomic E-state index is 4.24. The molecule has 2 aromatic rings. The minimum absolute atomic E-state index is 0.387. The van der Waals surface area contributed by atoms with Crippen molar-refractivity contribution in [2.24, 2.45) is 5.92 Å². The van der Waals surface area contributed by atoms with Crippen LogP contribution in [0.1, 0.15) is 41.9 Å². The topological polar surface area (TPSA) is 37.8 Å². The van der Waals surface area contributed by atoms with E-state index < -0.39 is 0 Å². The highest BCUT2D eigenvalue weighted by atomic mass is 32.1. The van der Waals surface area contributed by atoms with Crippen molar-refractivity contribution in [1.82, 2.24) is 10.2 Å². The zero-order valence-corrected chi connectivity index (χ0v) is 12.2. The third-order valence-corrected chi connectivity index (χ3v) is 4.58. The third kappa shape index (κ3) is 2.95. The van der Waals surface area contributed by atoms with Gasteiger partial charge in [-0.1, -0.05) is 48.1 Å². The molecule has 3 rings (SSSR count). The van der Waals surface area contributed by atoms with Crippen LogP contribution in [-0.4, -0.2) is 10.2 Å². The van der Waals surface area contributed by atoms with Crippen LogP contribution in [0, 0.1) is 12.8 Å². The van der Waals surface area contributed by atoms with Gasteiger partial charge in [0.25, 0.3) is 0 Å². The molecule has 1 heterocycles. The summed E-state index contributed by atoms with van der Waals surface area (Å²) in [6.45, 7) is 4.24. The minimum Gasteiger partial charge on any atom is -0.353 e. The van der Waals surface area contributed by atoms with Crippen molar-refractivity contribution < 1.29 is 0 Å². The van der Waals surface area contributed by atoms with Crippen LogP contribution in [-0.2, 0) is 6.42 Å². The molecular weight excluding hydrogens is 254 g/mol. The Kier molecular flexibility index (Phi) is 3.51. The number of hydrogen-bond donors (Lipinski definition) is 1. The smallest absolute Gasteiger partial charge is 0.206 e. The molecule has 0 saturated heterocycles. The van der Waals surface area contributed by atoms with Crippen molar-refractivity contribution in [2.45, 2.75) is 39.2 Å². The van der Waals surface area contributed by atoms with Gasteiger partial charge in [0.15, 0.2) is 0 Å². The van der Waals surface area contributed by atoms with Crippen molar-refractivity contribution in [2.75, 3.05) is 5.32 Å². The summed E-state index contributed by atoms with van der Waals surface area (Å²) >= 11 is 1.67. The summed E-state index contributed by atoms with van der Waals surface area (Å²) in [5.74, 6) is 0.747. The summed E-state index contributed by atoms with van der Waals surface area (Å²) in [6.07, 6.45) is 3.58. The second-order valence-corrected chi connectivity index (χ2v) is 6.29. The summed E-state index contributed by atoms with van der Waals surface area (Å²) in [6, 6.07) is 9.21. The number of aryl methyl sites for hydroxylation is 2. The summed E-state index contributed by atoms with van der Waals surface area (Å²) in [7, 11) is 0. The van der Waals surface area contributed by atoms with Gasteiger partial charge in [-0.05, 0) is 37.7 Å². The zero-order chi connectivity index (χ0) is 13.2. The van der Waals surface area contributed by atoms with E-state index in [9.17, 15) is 0 Å². The van der Waals surface area contributed by atoms with Crippen LogP contribution in [0.3, 0.4) is 0 Å². The maximum absolute atomic E-state index is 4.24. The normalized spacial score (nSPS) is 16.3. The molecule has 3 nitrogen and oxygen atoms in total. The van der Waals surface area contributed by atoms with Crippen LogP contribution in [0.4, 0.5) is 5.13 Å².